The van der Waals surface area contributed by atoms with E-state index in [1.807, 2.05) is 18.7 Å². The molecular weight excluding hydrogens is 280 g/mol. The van der Waals surface area contributed by atoms with Crippen LogP contribution < -0.4 is 0 Å². The Balaban J connectivity index is 3.08. The monoisotopic (exact) mass is 302 g/mol. The molecule has 1 unspecified atom stereocenters. The van der Waals surface area contributed by atoms with Gasteiger partial charge in [-0.15, -0.1) is 0 Å². The van der Waals surface area contributed by atoms with Gasteiger partial charge in [0.25, 0.3) is 0 Å². The van der Waals surface area contributed by atoms with E-state index in [4.69, 9.17) is 0 Å². The highest BCUT2D eigenvalue weighted by molar-refractivity contribution is 9.10. The summed E-state index contributed by atoms with van der Waals surface area (Å²) in [6.07, 6.45) is 1.49. The summed E-state index contributed by atoms with van der Waals surface area (Å²) in [7, 11) is 1.93. The number of aliphatic hydroxyl groups is 1. The first-order valence-corrected chi connectivity index (χ1v) is 6.82. The van der Waals surface area contributed by atoms with Gasteiger partial charge < -0.3 is 5.11 Å². The normalized spacial score (nSPS) is 16.0. The van der Waals surface area contributed by atoms with E-state index >= 15 is 0 Å². The summed E-state index contributed by atoms with van der Waals surface area (Å²) >= 11 is 3.59. The summed E-state index contributed by atoms with van der Waals surface area (Å²) in [6.45, 7) is 10.1. The van der Waals surface area contributed by atoms with Crippen molar-refractivity contribution in [3.05, 3.63) is 15.9 Å². The van der Waals surface area contributed by atoms with Crippen LogP contribution in [-0.4, -0.2) is 20.5 Å². The molecule has 0 saturated heterocycles. The van der Waals surface area contributed by atoms with Crippen LogP contribution in [0, 0.1) is 5.41 Å². The number of halogens is 1. The van der Waals surface area contributed by atoms with Gasteiger partial charge in [0, 0.05) is 13.5 Å². The zero-order chi connectivity index (χ0) is 13.4. The molecule has 0 saturated carbocycles. The van der Waals surface area contributed by atoms with Crippen LogP contribution in [0.5, 0.6) is 0 Å². The molecule has 0 fully saturated rings. The third-order valence-corrected chi connectivity index (χ3v) is 4.55. The second-order valence-electron chi connectivity index (χ2n) is 5.89. The van der Waals surface area contributed by atoms with E-state index in [0.717, 1.165) is 22.3 Å². The quantitative estimate of drug-likeness (QED) is 0.932. The second kappa shape index (κ2) is 4.73. The second-order valence-corrected chi connectivity index (χ2v) is 6.68. The molecule has 0 aliphatic rings. The fourth-order valence-electron chi connectivity index (χ4n) is 1.60. The van der Waals surface area contributed by atoms with Gasteiger partial charge in [-0.25, -0.2) is 0 Å². The summed E-state index contributed by atoms with van der Waals surface area (Å²) < 4.78 is 2.90. The average Bonchev–Trinajstić information content (AvgIpc) is 2.43. The maximum atomic E-state index is 10.6. The van der Waals surface area contributed by atoms with Crippen LogP contribution in [0.2, 0.25) is 0 Å². The lowest BCUT2D eigenvalue weighted by Gasteiger charge is -2.37. The van der Waals surface area contributed by atoms with Gasteiger partial charge in [-0.2, -0.15) is 5.10 Å². The van der Waals surface area contributed by atoms with Gasteiger partial charge in [0.1, 0.15) is 0 Å². The van der Waals surface area contributed by atoms with Crippen molar-refractivity contribution >= 4 is 15.9 Å². The fourth-order valence-corrected chi connectivity index (χ4v) is 2.36. The highest BCUT2D eigenvalue weighted by atomic mass is 79.9. The molecule has 0 spiro atoms. The number of hydrogen-bond donors (Lipinski definition) is 1. The van der Waals surface area contributed by atoms with E-state index in [1.54, 1.807) is 0 Å². The number of aromatic nitrogens is 2. The summed E-state index contributed by atoms with van der Waals surface area (Å²) in [5.74, 6) is 0. The minimum Gasteiger partial charge on any atom is -0.389 e. The van der Waals surface area contributed by atoms with Crippen LogP contribution >= 0.6 is 15.9 Å². The lowest BCUT2D eigenvalue weighted by molar-refractivity contribution is -0.0420. The molecular formula is C13H23BrN2O. The van der Waals surface area contributed by atoms with Gasteiger partial charge in [-0.05, 0) is 34.7 Å². The molecule has 3 nitrogen and oxygen atoms in total. The molecule has 1 heterocycles. The van der Waals surface area contributed by atoms with E-state index in [1.165, 1.54) is 0 Å². The smallest absolute Gasteiger partial charge is 0.0766 e. The van der Waals surface area contributed by atoms with Crippen LogP contribution in [0.15, 0.2) is 4.47 Å². The SMILES string of the molecule is CCc1nn(C)c(CC(C)(O)C(C)(C)C)c1Br. The predicted octanol–water partition coefficient (Wildman–Crippen LogP) is 3.08. The van der Waals surface area contributed by atoms with Crippen LogP contribution in [0.3, 0.4) is 0 Å². The minimum absolute atomic E-state index is 0.164. The maximum Gasteiger partial charge on any atom is 0.0766 e. The zero-order valence-electron chi connectivity index (χ0n) is 11.6. The first kappa shape index (κ1) is 14.7. The first-order valence-electron chi connectivity index (χ1n) is 6.02. The number of rotatable bonds is 3. The highest BCUT2D eigenvalue weighted by Crippen LogP contribution is 2.35. The van der Waals surface area contributed by atoms with E-state index in [-0.39, 0.29) is 5.41 Å². The molecule has 0 aliphatic heterocycles. The third-order valence-electron chi connectivity index (χ3n) is 3.63. The van der Waals surface area contributed by atoms with Crippen molar-refractivity contribution in [1.29, 1.82) is 0 Å². The number of aryl methyl sites for hydroxylation is 2. The van der Waals surface area contributed by atoms with Crippen LogP contribution in [0.25, 0.3) is 0 Å². The highest BCUT2D eigenvalue weighted by Gasteiger charge is 2.37. The fraction of sp³-hybridized carbons (Fsp3) is 0.769. The Morgan fingerprint density at radius 2 is 1.82 bits per heavy atom. The van der Waals surface area contributed by atoms with Crippen molar-refractivity contribution in [3.8, 4) is 0 Å². The molecule has 0 amide bonds. The standard InChI is InChI=1S/C13H23BrN2O/c1-7-9-11(14)10(16(6)15-9)8-13(5,17)12(2,3)4/h17H,7-8H2,1-6H3. The predicted molar refractivity (Wildman–Crippen MR) is 74.1 cm³/mol. The largest absolute Gasteiger partial charge is 0.389 e. The third kappa shape index (κ3) is 2.91. The maximum absolute atomic E-state index is 10.6. The van der Waals surface area contributed by atoms with E-state index in [9.17, 15) is 5.11 Å². The number of hydrogen-bond acceptors (Lipinski definition) is 2. The van der Waals surface area contributed by atoms with Crippen molar-refractivity contribution < 1.29 is 5.11 Å². The van der Waals surface area contributed by atoms with E-state index in [2.05, 4.69) is 48.7 Å². The zero-order valence-corrected chi connectivity index (χ0v) is 13.2. The Bertz CT molecular complexity index is 402. The van der Waals surface area contributed by atoms with Gasteiger partial charge in [0.05, 0.1) is 21.5 Å². The van der Waals surface area contributed by atoms with Crippen LogP contribution in [0.4, 0.5) is 0 Å². The van der Waals surface area contributed by atoms with Crippen molar-refractivity contribution in [2.75, 3.05) is 0 Å². The summed E-state index contributed by atoms with van der Waals surface area (Å²) in [4.78, 5) is 0. The van der Waals surface area contributed by atoms with Crippen molar-refractivity contribution in [3.63, 3.8) is 0 Å². The molecule has 0 bridgehead atoms. The Labute approximate surface area is 112 Å². The van der Waals surface area contributed by atoms with Gasteiger partial charge >= 0.3 is 0 Å². The summed E-state index contributed by atoms with van der Waals surface area (Å²) in [6, 6.07) is 0. The van der Waals surface area contributed by atoms with Crippen LogP contribution in [0.1, 0.15) is 46.0 Å². The molecule has 1 N–H and O–H groups in total. The van der Waals surface area contributed by atoms with Crippen LogP contribution in [-0.2, 0) is 19.9 Å². The van der Waals surface area contributed by atoms with E-state index < -0.39 is 5.60 Å². The lowest BCUT2D eigenvalue weighted by Crippen LogP contribution is -2.42. The summed E-state index contributed by atoms with van der Waals surface area (Å²) in [5.41, 5.74) is 1.19. The molecule has 1 aromatic heterocycles. The van der Waals surface area contributed by atoms with Gasteiger partial charge in [-0.3, -0.25) is 4.68 Å². The Morgan fingerprint density at radius 1 is 1.29 bits per heavy atom. The molecule has 17 heavy (non-hydrogen) atoms. The van der Waals surface area contributed by atoms with E-state index in [0.29, 0.717) is 6.42 Å². The first-order chi connectivity index (χ1) is 7.60. The lowest BCUT2D eigenvalue weighted by atomic mass is 9.75. The Hall–Kier alpha value is -0.350. The number of nitrogens with zero attached hydrogens (tertiary/aromatic N) is 2. The van der Waals surface area contributed by atoms with Gasteiger partial charge in [0.15, 0.2) is 0 Å². The Morgan fingerprint density at radius 3 is 2.18 bits per heavy atom. The molecule has 98 valence electrons. The molecule has 1 atom stereocenters. The molecule has 0 aromatic carbocycles. The summed E-state index contributed by atoms with van der Waals surface area (Å²) in [5, 5.41) is 15.0. The van der Waals surface area contributed by atoms with Crippen molar-refractivity contribution in [1.82, 2.24) is 9.78 Å². The average molecular weight is 303 g/mol. The molecule has 0 radical (unpaired) electrons. The molecule has 0 aliphatic carbocycles. The molecule has 4 heteroatoms. The minimum atomic E-state index is -0.756. The molecule has 1 aromatic rings. The molecule has 1 rings (SSSR count). The topological polar surface area (TPSA) is 38.0 Å². The van der Waals surface area contributed by atoms with Gasteiger partial charge in [-0.1, -0.05) is 27.7 Å². The van der Waals surface area contributed by atoms with Crippen molar-refractivity contribution in [2.24, 2.45) is 12.5 Å². The Kier molecular flexibility index (Phi) is 4.09. The van der Waals surface area contributed by atoms with Crippen molar-refractivity contribution in [2.45, 2.75) is 53.1 Å². The van der Waals surface area contributed by atoms with Gasteiger partial charge in [0.2, 0.25) is 0 Å².